The van der Waals surface area contributed by atoms with Crippen molar-refractivity contribution in [2.24, 2.45) is 10.7 Å². The van der Waals surface area contributed by atoms with E-state index in [1.807, 2.05) is 6.07 Å². The molecule has 1 amide bonds. The standard InChI is InChI=1S/C25H28ClN5O3/c1-17(29-20-5-3-19(26)4-6-20)23(15-28)25(32)30-21-7-8-24(18(13-21)14-27)31-11-9-22(10-12-31)34-16-33-2/h3-8,13,15,22H,9-12,16,28H2,1-2H3,(H,30,32). The van der Waals surface area contributed by atoms with E-state index in [9.17, 15) is 10.1 Å². The molecule has 1 aliphatic rings. The molecule has 0 saturated carbocycles. The van der Waals surface area contributed by atoms with E-state index in [-0.39, 0.29) is 18.5 Å². The van der Waals surface area contributed by atoms with Crippen molar-refractivity contribution in [3.05, 3.63) is 64.8 Å². The van der Waals surface area contributed by atoms with Crippen LogP contribution in [0.3, 0.4) is 0 Å². The second-order valence-electron chi connectivity index (χ2n) is 7.81. The van der Waals surface area contributed by atoms with Crippen LogP contribution in [0.4, 0.5) is 17.1 Å². The number of rotatable bonds is 8. The highest BCUT2D eigenvalue weighted by Gasteiger charge is 2.22. The molecule has 1 heterocycles. The Bertz CT molecular complexity index is 1100. The molecule has 1 saturated heterocycles. The average Bonchev–Trinajstić information content (AvgIpc) is 2.85. The van der Waals surface area contributed by atoms with Crippen molar-refractivity contribution in [3.63, 3.8) is 0 Å². The van der Waals surface area contributed by atoms with E-state index in [0.29, 0.717) is 27.7 Å². The molecule has 0 aromatic heterocycles. The summed E-state index contributed by atoms with van der Waals surface area (Å²) in [5, 5.41) is 13.1. The van der Waals surface area contributed by atoms with Gasteiger partial charge in [0.05, 0.1) is 34.3 Å². The first-order chi connectivity index (χ1) is 16.4. The Balaban J connectivity index is 1.69. The van der Waals surface area contributed by atoms with Gasteiger partial charge in [-0.05, 0) is 62.2 Å². The first-order valence-electron chi connectivity index (χ1n) is 10.9. The lowest BCUT2D eigenvalue weighted by Gasteiger charge is -2.34. The number of methoxy groups -OCH3 is 1. The number of carbonyl (C=O) groups excluding carboxylic acids is 1. The summed E-state index contributed by atoms with van der Waals surface area (Å²) in [4.78, 5) is 19.5. The van der Waals surface area contributed by atoms with E-state index in [2.05, 4.69) is 21.3 Å². The number of amides is 1. The second-order valence-corrected chi connectivity index (χ2v) is 8.25. The summed E-state index contributed by atoms with van der Waals surface area (Å²) < 4.78 is 10.6. The van der Waals surface area contributed by atoms with Gasteiger partial charge in [0, 0.05) is 37.1 Å². The van der Waals surface area contributed by atoms with Crippen molar-refractivity contribution in [3.8, 4) is 6.07 Å². The van der Waals surface area contributed by atoms with Gasteiger partial charge in [-0.25, -0.2) is 0 Å². The molecule has 2 aromatic rings. The Kier molecular flexibility index (Phi) is 9.05. The van der Waals surface area contributed by atoms with Crippen molar-refractivity contribution >= 4 is 40.3 Å². The predicted octanol–water partition coefficient (Wildman–Crippen LogP) is 4.37. The number of anilines is 2. The van der Waals surface area contributed by atoms with Gasteiger partial charge in [-0.3, -0.25) is 9.79 Å². The third-order valence-electron chi connectivity index (χ3n) is 5.50. The van der Waals surface area contributed by atoms with E-state index in [1.54, 1.807) is 50.4 Å². The molecule has 2 aromatic carbocycles. The molecule has 3 rings (SSSR count). The maximum absolute atomic E-state index is 12.9. The van der Waals surface area contributed by atoms with Gasteiger partial charge in [0.15, 0.2) is 0 Å². The molecule has 1 aliphatic heterocycles. The fourth-order valence-corrected chi connectivity index (χ4v) is 3.86. The minimum Gasteiger partial charge on any atom is -0.404 e. The number of nitriles is 1. The smallest absolute Gasteiger partial charge is 0.258 e. The van der Waals surface area contributed by atoms with Crippen LogP contribution in [0, 0.1) is 11.3 Å². The lowest BCUT2D eigenvalue weighted by atomic mass is 10.0. The van der Waals surface area contributed by atoms with Crippen LogP contribution in [0.5, 0.6) is 0 Å². The first kappa shape index (κ1) is 25.2. The third kappa shape index (κ3) is 6.58. The summed E-state index contributed by atoms with van der Waals surface area (Å²) in [7, 11) is 1.61. The molecular formula is C25H28ClN5O3. The van der Waals surface area contributed by atoms with Gasteiger partial charge in [-0.15, -0.1) is 0 Å². The van der Waals surface area contributed by atoms with Crippen LogP contribution in [-0.4, -0.2) is 44.7 Å². The molecular weight excluding hydrogens is 454 g/mol. The number of nitrogens with two attached hydrogens (primary N) is 1. The van der Waals surface area contributed by atoms with E-state index < -0.39 is 5.91 Å². The molecule has 0 unspecified atom stereocenters. The lowest BCUT2D eigenvalue weighted by Crippen LogP contribution is -2.37. The summed E-state index contributed by atoms with van der Waals surface area (Å²) in [6, 6.07) is 14.5. The Morgan fingerprint density at radius 2 is 2.00 bits per heavy atom. The molecule has 0 aliphatic carbocycles. The van der Waals surface area contributed by atoms with Crippen molar-refractivity contribution in [1.82, 2.24) is 0 Å². The first-order valence-corrected chi connectivity index (χ1v) is 11.3. The highest BCUT2D eigenvalue weighted by Crippen LogP contribution is 2.28. The summed E-state index contributed by atoms with van der Waals surface area (Å²) in [6.45, 7) is 3.53. The molecule has 9 heteroatoms. The molecule has 0 radical (unpaired) electrons. The highest BCUT2D eigenvalue weighted by atomic mass is 35.5. The number of halogens is 1. The van der Waals surface area contributed by atoms with Crippen molar-refractivity contribution in [2.75, 3.05) is 37.2 Å². The number of nitrogens with one attached hydrogen (secondary N) is 1. The van der Waals surface area contributed by atoms with E-state index >= 15 is 0 Å². The van der Waals surface area contributed by atoms with Gasteiger partial charge in [-0.1, -0.05) is 11.6 Å². The number of piperidine rings is 1. The molecule has 0 spiro atoms. The van der Waals surface area contributed by atoms with Gasteiger partial charge >= 0.3 is 0 Å². The predicted molar refractivity (Wildman–Crippen MR) is 134 cm³/mol. The van der Waals surface area contributed by atoms with E-state index in [0.717, 1.165) is 31.6 Å². The van der Waals surface area contributed by atoms with Gasteiger partial charge in [0.2, 0.25) is 0 Å². The maximum atomic E-state index is 12.9. The number of carbonyl (C=O) groups is 1. The van der Waals surface area contributed by atoms with Crippen molar-refractivity contribution < 1.29 is 14.3 Å². The molecule has 8 nitrogen and oxygen atoms in total. The fourth-order valence-electron chi connectivity index (χ4n) is 3.74. The third-order valence-corrected chi connectivity index (χ3v) is 5.76. The zero-order valence-corrected chi connectivity index (χ0v) is 20.0. The minimum absolute atomic E-state index is 0.152. The summed E-state index contributed by atoms with van der Waals surface area (Å²) >= 11 is 5.91. The summed E-state index contributed by atoms with van der Waals surface area (Å²) in [6.07, 6.45) is 3.08. The summed E-state index contributed by atoms with van der Waals surface area (Å²) in [5.74, 6) is -0.412. The number of benzene rings is 2. The van der Waals surface area contributed by atoms with Crippen LogP contribution in [0.1, 0.15) is 25.3 Å². The Labute approximate surface area is 204 Å². The zero-order chi connectivity index (χ0) is 24.5. The molecule has 178 valence electrons. The molecule has 34 heavy (non-hydrogen) atoms. The van der Waals surface area contributed by atoms with Crippen LogP contribution in [0.15, 0.2) is 59.2 Å². The van der Waals surface area contributed by atoms with Crippen LogP contribution < -0.4 is 16.0 Å². The van der Waals surface area contributed by atoms with Crippen molar-refractivity contribution in [1.29, 1.82) is 5.26 Å². The normalized spacial score (nSPS) is 15.2. The van der Waals surface area contributed by atoms with Crippen LogP contribution in [0.2, 0.25) is 5.02 Å². The zero-order valence-electron chi connectivity index (χ0n) is 19.3. The monoisotopic (exact) mass is 481 g/mol. The second kappa shape index (κ2) is 12.2. The number of ether oxygens (including phenoxy) is 2. The SMILES string of the molecule is COCOC1CCN(c2ccc(NC(=O)C(=CN)C(C)=Nc3ccc(Cl)cc3)cc2C#N)CC1. The Hall–Kier alpha value is -3.38. The van der Waals surface area contributed by atoms with Crippen LogP contribution in [-0.2, 0) is 14.3 Å². The summed E-state index contributed by atoms with van der Waals surface area (Å²) in [5.41, 5.74) is 8.89. The molecule has 3 N–H and O–H groups in total. The van der Waals surface area contributed by atoms with Crippen LogP contribution >= 0.6 is 11.6 Å². The number of aliphatic imine (C=N–C) groups is 1. The number of hydrogen-bond acceptors (Lipinski definition) is 7. The van der Waals surface area contributed by atoms with Gasteiger partial charge in [0.25, 0.3) is 5.91 Å². The van der Waals surface area contributed by atoms with Gasteiger partial charge in [0.1, 0.15) is 12.9 Å². The van der Waals surface area contributed by atoms with E-state index in [4.69, 9.17) is 26.8 Å². The Morgan fingerprint density at radius 3 is 2.62 bits per heavy atom. The average molecular weight is 482 g/mol. The fraction of sp³-hybridized carbons (Fsp3) is 0.320. The molecule has 0 atom stereocenters. The number of nitrogens with zero attached hydrogens (tertiary/aromatic N) is 3. The molecule has 0 bridgehead atoms. The lowest BCUT2D eigenvalue weighted by molar-refractivity contribution is -0.112. The van der Waals surface area contributed by atoms with Crippen LogP contribution in [0.25, 0.3) is 0 Å². The topological polar surface area (TPSA) is 113 Å². The van der Waals surface area contributed by atoms with Gasteiger partial charge in [-0.2, -0.15) is 5.26 Å². The van der Waals surface area contributed by atoms with Crippen molar-refractivity contribution in [2.45, 2.75) is 25.9 Å². The maximum Gasteiger partial charge on any atom is 0.258 e. The number of hydrogen-bond donors (Lipinski definition) is 2. The molecule has 1 fully saturated rings. The van der Waals surface area contributed by atoms with Gasteiger partial charge < -0.3 is 25.4 Å². The quantitative estimate of drug-likeness (QED) is 0.328. The van der Waals surface area contributed by atoms with E-state index in [1.165, 1.54) is 6.20 Å². The Morgan fingerprint density at radius 1 is 1.29 bits per heavy atom. The largest absolute Gasteiger partial charge is 0.404 e. The minimum atomic E-state index is -0.412. The highest BCUT2D eigenvalue weighted by molar-refractivity contribution is 6.30.